The molecule has 0 spiro atoms. The zero-order chi connectivity index (χ0) is 10.5. The van der Waals surface area contributed by atoms with Gasteiger partial charge in [0.25, 0.3) is 0 Å². The van der Waals surface area contributed by atoms with Gasteiger partial charge in [0.05, 0.1) is 0 Å². The van der Waals surface area contributed by atoms with Crippen molar-refractivity contribution < 1.29 is 26.7 Å². The first-order chi connectivity index (χ1) is 5.81. The third-order valence-electron chi connectivity index (χ3n) is 1.18. The molecule has 0 atom stereocenters. The molecule has 4 nitrogen and oxygen atoms in total. The van der Waals surface area contributed by atoms with Gasteiger partial charge in [0, 0.05) is 13.2 Å². The second kappa shape index (κ2) is 6.69. The summed E-state index contributed by atoms with van der Waals surface area (Å²) < 4.78 is 56.9. The molecular formula is C5H11F3LiNO3S. The van der Waals surface area contributed by atoms with Gasteiger partial charge in [0.1, 0.15) is 0 Å². The summed E-state index contributed by atoms with van der Waals surface area (Å²) in [5.41, 5.74) is -5.26. The predicted octanol–water partition coefficient (Wildman–Crippen LogP) is -0.450. The quantitative estimate of drug-likeness (QED) is 0.495. The third kappa shape index (κ3) is 5.88. The fourth-order valence-electron chi connectivity index (χ4n) is 0.525. The Morgan fingerprint density at radius 3 is 2.07 bits per heavy atom. The number of sulfonamides is 1. The zero-order valence-electron chi connectivity index (χ0n) is 6.63. The maximum atomic E-state index is 11.6. The van der Waals surface area contributed by atoms with E-state index in [0.717, 1.165) is 0 Å². The van der Waals surface area contributed by atoms with Crippen LogP contribution in [0.25, 0.3) is 0 Å². The maximum absolute atomic E-state index is 11.6. The molecule has 14 heavy (non-hydrogen) atoms. The Hall–Kier alpha value is 0.257. The number of aliphatic hydroxyl groups is 1. The third-order valence-corrected chi connectivity index (χ3v) is 2.38. The molecular weight excluding hydrogens is 218 g/mol. The molecule has 0 saturated carbocycles. The van der Waals surface area contributed by atoms with Crippen LogP contribution in [0, 0.1) is 0 Å². The summed E-state index contributed by atoms with van der Waals surface area (Å²) in [5.74, 6) is 0. The number of rotatable bonds is 5. The molecule has 0 radical (unpaired) electrons. The van der Waals surface area contributed by atoms with Crippen molar-refractivity contribution in [3.05, 3.63) is 0 Å². The number of halogens is 3. The van der Waals surface area contributed by atoms with E-state index in [9.17, 15) is 21.6 Å². The molecule has 0 aromatic heterocycles. The van der Waals surface area contributed by atoms with E-state index < -0.39 is 15.5 Å². The number of aliphatic hydroxyl groups excluding tert-OH is 1. The number of unbranched alkanes of at least 4 members (excludes halogenated alkanes) is 1. The van der Waals surface area contributed by atoms with Crippen LogP contribution in [0.5, 0.6) is 0 Å². The van der Waals surface area contributed by atoms with Gasteiger partial charge in [-0.05, 0) is 12.8 Å². The molecule has 0 fully saturated rings. The van der Waals surface area contributed by atoms with Crippen LogP contribution in [-0.4, -0.2) is 51.0 Å². The minimum atomic E-state index is -5.26. The van der Waals surface area contributed by atoms with Crippen molar-refractivity contribution in [2.75, 3.05) is 13.2 Å². The molecule has 0 saturated heterocycles. The van der Waals surface area contributed by atoms with Crippen molar-refractivity contribution in [2.45, 2.75) is 18.3 Å². The van der Waals surface area contributed by atoms with E-state index in [-0.39, 0.29) is 44.9 Å². The number of hydrogen-bond donors (Lipinski definition) is 2. The Labute approximate surface area is 92.1 Å². The summed E-state index contributed by atoms with van der Waals surface area (Å²) in [6.45, 7) is -0.490. The Kier molecular flexibility index (Phi) is 7.97. The van der Waals surface area contributed by atoms with Gasteiger partial charge in [-0.2, -0.15) is 13.2 Å². The van der Waals surface area contributed by atoms with Crippen molar-refractivity contribution in [2.24, 2.45) is 0 Å². The Balaban J connectivity index is 0. The van der Waals surface area contributed by atoms with Gasteiger partial charge in [-0.3, -0.25) is 0 Å². The van der Waals surface area contributed by atoms with Crippen LogP contribution in [0.3, 0.4) is 0 Å². The second-order valence-electron chi connectivity index (χ2n) is 2.27. The van der Waals surface area contributed by atoms with Crippen LogP contribution in [0.4, 0.5) is 13.2 Å². The summed E-state index contributed by atoms with van der Waals surface area (Å²) in [5, 5.41) is 8.26. The van der Waals surface area contributed by atoms with Crippen molar-refractivity contribution >= 4 is 28.9 Å². The van der Waals surface area contributed by atoms with Crippen LogP contribution in [0.1, 0.15) is 12.8 Å². The molecule has 0 aromatic carbocycles. The van der Waals surface area contributed by atoms with E-state index >= 15 is 0 Å². The van der Waals surface area contributed by atoms with Gasteiger partial charge in [-0.1, -0.05) is 0 Å². The van der Waals surface area contributed by atoms with Gasteiger partial charge in [0.2, 0.25) is 0 Å². The molecule has 0 aliphatic heterocycles. The number of alkyl halides is 3. The van der Waals surface area contributed by atoms with E-state index in [1.807, 2.05) is 0 Å². The molecule has 2 N–H and O–H groups in total. The molecule has 9 heteroatoms. The first-order valence-electron chi connectivity index (χ1n) is 3.48. The van der Waals surface area contributed by atoms with Crippen molar-refractivity contribution in [3.63, 3.8) is 0 Å². The van der Waals surface area contributed by atoms with Crippen LogP contribution in [0.15, 0.2) is 0 Å². The molecule has 0 unspecified atom stereocenters. The average molecular weight is 229 g/mol. The first-order valence-corrected chi connectivity index (χ1v) is 4.96. The van der Waals surface area contributed by atoms with Crippen LogP contribution in [0.2, 0.25) is 0 Å². The number of hydrogen-bond acceptors (Lipinski definition) is 3. The van der Waals surface area contributed by atoms with Crippen molar-refractivity contribution in [1.29, 1.82) is 0 Å². The molecule has 0 bridgehead atoms. The van der Waals surface area contributed by atoms with Gasteiger partial charge < -0.3 is 5.11 Å². The Bertz CT molecular complexity index is 241. The summed E-state index contributed by atoms with van der Waals surface area (Å²) >= 11 is 0. The zero-order valence-corrected chi connectivity index (χ0v) is 7.45. The molecule has 0 aliphatic carbocycles. The Morgan fingerprint density at radius 1 is 1.21 bits per heavy atom. The topological polar surface area (TPSA) is 66.4 Å². The van der Waals surface area contributed by atoms with Gasteiger partial charge in [0.15, 0.2) is 0 Å². The summed E-state index contributed by atoms with van der Waals surface area (Å²) in [7, 11) is -5.21. The van der Waals surface area contributed by atoms with E-state index in [1.54, 1.807) is 0 Å². The first kappa shape index (κ1) is 16.7. The standard InChI is InChI=1S/C5H10F3NO3S.Li.H/c6-5(7,8)13(11,12)9-3-1-2-4-10;;/h9-10H,1-4H2;;. The van der Waals surface area contributed by atoms with Crippen LogP contribution in [-0.2, 0) is 10.0 Å². The predicted molar refractivity (Wildman–Crippen MR) is 46.4 cm³/mol. The van der Waals surface area contributed by atoms with Crippen LogP contribution >= 0.6 is 0 Å². The minimum absolute atomic E-state index is 0. The fourth-order valence-corrected chi connectivity index (χ4v) is 1.10. The molecule has 0 amide bonds. The van der Waals surface area contributed by atoms with Crippen molar-refractivity contribution in [3.8, 4) is 0 Å². The van der Waals surface area contributed by atoms with Crippen molar-refractivity contribution in [1.82, 2.24) is 4.72 Å². The van der Waals surface area contributed by atoms with Gasteiger partial charge in [-0.15, -0.1) is 0 Å². The van der Waals surface area contributed by atoms with Gasteiger partial charge in [-0.25, -0.2) is 13.1 Å². The summed E-state index contributed by atoms with van der Waals surface area (Å²) in [4.78, 5) is 0. The van der Waals surface area contributed by atoms with Crippen LogP contribution < -0.4 is 4.72 Å². The second-order valence-corrected chi connectivity index (χ2v) is 4.03. The monoisotopic (exact) mass is 229 g/mol. The summed E-state index contributed by atoms with van der Waals surface area (Å²) in [6.07, 6.45) is 0.437. The molecule has 0 rings (SSSR count). The number of nitrogens with one attached hydrogen (secondary N) is 1. The molecule has 0 heterocycles. The molecule has 0 aliphatic rings. The normalized spacial score (nSPS) is 12.3. The average Bonchev–Trinajstić information content (AvgIpc) is 1.96. The fraction of sp³-hybridized carbons (Fsp3) is 1.00. The van der Waals surface area contributed by atoms with E-state index in [4.69, 9.17) is 5.11 Å². The van der Waals surface area contributed by atoms with E-state index in [0.29, 0.717) is 0 Å². The van der Waals surface area contributed by atoms with Gasteiger partial charge >= 0.3 is 34.4 Å². The molecule has 82 valence electrons. The summed E-state index contributed by atoms with van der Waals surface area (Å²) in [6, 6.07) is 0. The SMILES string of the molecule is O=S(=O)(NCCCCO)C(F)(F)F.[LiH]. The van der Waals surface area contributed by atoms with E-state index in [2.05, 4.69) is 0 Å². The Morgan fingerprint density at radius 2 is 1.71 bits per heavy atom. The van der Waals surface area contributed by atoms with E-state index in [1.165, 1.54) is 4.72 Å². The molecule has 0 aromatic rings.